The fourth-order valence-electron chi connectivity index (χ4n) is 1.66. The summed E-state index contributed by atoms with van der Waals surface area (Å²) in [6.45, 7) is -0.140. The number of ether oxygens (including phenoxy) is 1. The van der Waals surface area contributed by atoms with E-state index in [0.29, 0.717) is 10.2 Å². The van der Waals surface area contributed by atoms with Crippen molar-refractivity contribution in [3.05, 3.63) is 56.8 Å². The van der Waals surface area contributed by atoms with E-state index in [1.165, 1.54) is 12.1 Å². The van der Waals surface area contributed by atoms with Gasteiger partial charge in [-0.3, -0.25) is 0 Å². The van der Waals surface area contributed by atoms with Crippen LogP contribution in [0.1, 0.15) is 21.7 Å². The summed E-state index contributed by atoms with van der Waals surface area (Å²) >= 11 is 8.81. The molecule has 0 aliphatic rings. The molecule has 0 spiro atoms. The third-order valence-corrected chi connectivity index (χ3v) is 3.68. The molecule has 0 saturated carbocycles. The summed E-state index contributed by atoms with van der Waals surface area (Å²) in [4.78, 5) is 14.9. The van der Waals surface area contributed by atoms with Crippen LogP contribution in [-0.4, -0.2) is 16.1 Å². The number of carbonyl (C=O) groups is 1. The lowest BCUT2D eigenvalue weighted by molar-refractivity contribution is -0.137. The SMILES string of the molecule is O=C(O)c1nc(COc2ccc(C(F)(F)F)cc2Cl)ccc1Br. The number of halogens is 5. The van der Waals surface area contributed by atoms with Gasteiger partial charge in [-0.25, -0.2) is 9.78 Å². The van der Waals surface area contributed by atoms with Crippen molar-refractivity contribution < 1.29 is 27.8 Å². The average molecular weight is 411 g/mol. The van der Waals surface area contributed by atoms with Crippen molar-refractivity contribution in [1.82, 2.24) is 4.98 Å². The number of carboxylic acid groups (broad SMARTS) is 1. The van der Waals surface area contributed by atoms with E-state index in [4.69, 9.17) is 21.4 Å². The highest BCUT2D eigenvalue weighted by Gasteiger charge is 2.31. The van der Waals surface area contributed by atoms with Crippen LogP contribution in [0.2, 0.25) is 5.02 Å². The predicted octanol–water partition coefficient (Wildman–Crippen LogP) is 4.79. The Morgan fingerprint density at radius 2 is 2.00 bits per heavy atom. The maximum Gasteiger partial charge on any atom is 0.416 e. The van der Waals surface area contributed by atoms with E-state index in [2.05, 4.69) is 20.9 Å². The van der Waals surface area contributed by atoms with Crippen LogP contribution < -0.4 is 4.74 Å². The summed E-state index contributed by atoms with van der Waals surface area (Å²) in [6, 6.07) is 5.72. The van der Waals surface area contributed by atoms with Gasteiger partial charge in [-0.15, -0.1) is 0 Å². The van der Waals surface area contributed by atoms with Crippen molar-refractivity contribution in [3.8, 4) is 5.75 Å². The highest BCUT2D eigenvalue weighted by atomic mass is 79.9. The molecule has 0 fully saturated rings. The minimum atomic E-state index is -4.49. The van der Waals surface area contributed by atoms with Crippen molar-refractivity contribution in [2.24, 2.45) is 0 Å². The van der Waals surface area contributed by atoms with Gasteiger partial charge >= 0.3 is 12.1 Å². The van der Waals surface area contributed by atoms with Gasteiger partial charge in [0.05, 0.1) is 20.8 Å². The molecule has 0 saturated heterocycles. The van der Waals surface area contributed by atoms with Gasteiger partial charge in [-0.1, -0.05) is 11.6 Å². The third-order valence-electron chi connectivity index (χ3n) is 2.74. The van der Waals surface area contributed by atoms with E-state index in [-0.39, 0.29) is 23.1 Å². The summed E-state index contributed by atoms with van der Waals surface area (Å²) in [7, 11) is 0. The number of benzene rings is 1. The summed E-state index contributed by atoms with van der Waals surface area (Å²) in [5.74, 6) is -1.17. The molecule has 4 nitrogen and oxygen atoms in total. The number of hydrogen-bond donors (Lipinski definition) is 1. The quantitative estimate of drug-likeness (QED) is 0.787. The largest absolute Gasteiger partial charge is 0.486 e. The molecular formula is C14H8BrClF3NO3. The second-order valence-corrected chi connectivity index (χ2v) is 5.63. The van der Waals surface area contributed by atoms with Crippen molar-refractivity contribution >= 4 is 33.5 Å². The number of rotatable bonds is 4. The first-order chi connectivity index (χ1) is 10.7. The molecule has 1 N–H and O–H groups in total. The van der Waals surface area contributed by atoms with Gasteiger partial charge in [0.25, 0.3) is 0 Å². The Hall–Kier alpha value is -1.80. The third kappa shape index (κ3) is 4.35. The van der Waals surface area contributed by atoms with Crippen LogP contribution in [0.3, 0.4) is 0 Å². The highest BCUT2D eigenvalue weighted by Crippen LogP contribution is 2.34. The second kappa shape index (κ2) is 6.76. The van der Waals surface area contributed by atoms with Crippen LogP contribution in [0.5, 0.6) is 5.75 Å². The van der Waals surface area contributed by atoms with Crippen LogP contribution in [0.15, 0.2) is 34.8 Å². The minimum absolute atomic E-state index is 0.0428. The Balaban J connectivity index is 2.15. The maximum atomic E-state index is 12.5. The lowest BCUT2D eigenvalue weighted by Crippen LogP contribution is -2.07. The number of pyridine rings is 1. The normalized spacial score (nSPS) is 11.3. The van der Waals surface area contributed by atoms with Crippen molar-refractivity contribution in [2.45, 2.75) is 12.8 Å². The fraction of sp³-hybridized carbons (Fsp3) is 0.143. The summed E-state index contributed by atoms with van der Waals surface area (Å²) < 4.78 is 43.2. The van der Waals surface area contributed by atoms with Crippen LogP contribution in [-0.2, 0) is 12.8 Å². The summed E-state index contributed by atoms with van der Waals surface area (Å²) in [5.41, 5.74) is -0.782. The lowest BCUT2D eigenvalue weighted by atomic mass is 10.2. The molecule has 0 aliphatic heterocycles. The molecule has 1 aromatic heterocycles. The van der Waals surface area contributed by atoms with Crippen LogP contribution in [0.4, 0.5) is 13.2 Å². The zero-order valence-electron chi connectivity index (χ0n) is 11.2. The number of nitrogens with zero attached hydrogens (tertiary/aromatic N) is 1. The van der Waals surface area contributed by atoms with Crippen molar-refractivity contribution in [3.63, 3.8) is 0 Å². The van der Waals surface area contributed by atoms with E-state index in [9.17, 15) is 18.0 Å². The Morgan fingerprint density at radius 3 is 2.57 bits per heavy atom. The molecule has 23 heavy (non-hydrogen) atoms. The summed E-state index contributed by atoms with van der Waals surface area (Å²) in [5, 5.41) is 8.77. The Kier molecular flexibility index (Phi) is 5.16. The first-order valence-corrected chi connectivity index (χ1v) is 7.24. The number of aromatic carboxylic acids is 1. The van der Waals surface area contributed by atoms with E-state index < -0.39 is 17.7 Å². The predicted molar refractivity (Wildman–Crippen MR) is 79.7 cm³/mol. The van der Waals surface area contributed by atoms with E-state index in [0.717, 1.165) is 18.2 Å². The molecule has 1 heterocycles. The molecular weight excluding hydrogens is 403 g/mol. The molecule has 0 unspecified atom stereocenters. The van der Waals surface area contributed by atoms with Crippen molar-refractivity contribution in [1.29, 1.82) is 0 Å². The topological polar surface area (TPSA) is 59.4 Å². The number of hydrogen-bond acceptors (Lipinski definition) is 3. The number of carboxylic acids is 1. The Morgan fingerprint density at radius 1 is 1.30 bits per heavy atom. The van der Waals surface area contributed by atoms with Crippen LogP contribution in [0.25, 0.3) is 0 Å². The van der Waals surface area contributed by atoms with E-state index in [1.54, 1.807) is 0 Å². The number of alkyl halides is 3. The molecule has 0 radical (unpaired) electrons. The molecule has 0 aliphatic carbocycles. The second-order valence-electron chi connectivity index (χ2n) is 4.37. The molecule has 0 amide bonds. The number of aromatic nitrogens is 1. The highest BCUT2D eigenvalue weighted by molar-refractivity contribution is 9.10. The first-order valence-electron chi connectivity index (χ1n) is 6.06. The van der Waals surface area contributed by atoms with Crippen LogP contribution in [0, 0.1) is 0 Å². The van der Waals surface area contributed by atoms with E-state index >= 15 is 0 Å². The monoisotopic (exact) mass is 409 g/mol. The van der Waals surface area contributed by atoms with Gasteiger partial charge in [0.2, 0.25) is 0 Å². The average Bonchev–Trinajstić information content (AvgIpc) is 2.46. The molecule has 0 atom stereocenters. The Labute approximate surface area is 142 Å². The fourth-order valence-corrected chi connectivity index (χ4v) is 2.28. The maximum absolute atomic E-state index is 12.5. The van der Waals surface area contributed by atoms with E-state index in [1.807, 2.05) is 0 Å². The standard InChI is InChI=1S/C14H8BrClF3NO3/c15-9-3-2-8(20-12(9)13(21)22)6-23-11-4-1-7(5-10(11)16)14(17,18)19/h1-5H,6H2,(H,21,22). The molecule has 0 bridgehead atoms. The van der Waals surface area contributed by atoms with Gasteiger partial charge in [-0.05, 0) is 46.3 Å². The zero-order chi connectivity index (χ0) is 17.2. The minimum Gasteiger partial charge on any atom is -0.486 e. The molecule has 2 rings (SSSR count). The first kappa shape index (κ1) is 17.6. The van der Waals surface area contributed by atoms with Crippen LogP contribution >= 0.6 is 27.5 Å². The molecule has 2 aromatic rings. The van der Waals surface area contributed by atoms with Gasteiger partial charge in [0.1, 0.15) is 12.4 Å². The zero-order valence-corrected chi connectivity index (χ0v) is 13.5. The van der Waals surface area contributed by atoms with Gasteiger partial charge in [0, 0.05) is 0 Å². The van der Waals surface area contributed by atoms with Crippen molar-refractivity contribution in [2.75, 3.05) is 0 Å². The van der Waals surface area contributed by atoms with Gasteiger partial charge in [-0.2, -0.15) is 13.2 Å². The summed E-state index contributed by atoms with van der Waals surface area (Å²) in [6.07, 6.45) is -4.49. The molecule has 9 heteroatoms. The van der Waals surface area contributed by atoms with Gasteiger partial charge < -0.3 is 9.84 Å². The smallest absolute Gasteiger partial charge is 0.416 e. The Bertz CT molecular complexity index is 753. The van der Waals surface area contributed by atoms with Gasteiger partial charge in [0.15, 0.2) is 5.69 Å². The molecule has 1 aromatic carbocycles. The lowest BCUT2D eigenvalue weighted by Gasteiger charge is -2.11. The molecule has 122 valence electrons.